The van der Waals surface area contributed by atoms with Crippen LogP contribution in [0, 0.1) is 12.8 Å². The second kappa shape index (κ2) is 7.33. The lowest BCUT2D eigenvalue weighted by molar-refractivity contribution is 0.567. The van der Waals surface area contributed by atoms with E-state index in [1.54, 1.807) is 30.3 Å². The highest BCUT2D eigenvalue weighted by atomic mass is 32.2. The Kier molecular flexibility index (Phi) is 5.13. The van der Waals surface area contributed by atoms with Gasteiger partial charge in [0.05, 0.1) is 4.90 Å². The number of oxazole rings is 1. The van der Waals surface area contributed by atoms with Gasteiger partial charge in [0.25, 0.3) is 0 Å². The second-order valence-corrected chi connectivity index (χ2v) is 8.48. The molecule has 0 aliphatic carbocycles. The van der Waals surface area contributed by atoms with Crippen molar-refractivity contribution in [2.24, 2.45) is 5.92 Å². The molecule has 0 spiro atoms. The average Bonchev–Trinajstić information content (AvgIpc) is 3.06. The topological polar surface area (TPSA) is 72.2 Å². The fourth-order valence-electron chi connectivity index (χ4n) is 2.51. The summed E-state index contributed by atoms with van der Waals surface area (Å²) in [5.74, 6) is 0.795. The van der Waals surface area contributed by atoms with Crippen molar-refractivity contribution in [3.05, 3.63) is 60.2 Å². The van der Waals surface area contributed by atoms with E-state index in [9.17, 15) is 8.42 Å². The lowest BCUT2D eigenvalue weighted by Gasteiger charge is -2.07. The molecular formula is C20H22N2O3S. The van der Waals surface area contributed by atoms with Crippen LogP contribution in [-0.2, 0) is 9.84 Å². The first-order chi connectivity index (χ1) is 12.4. The van der Waals surface area contributed by atoms with E-state index < -0.39 is 9.84 Å². The van der Waals surface area contributed by atoms with Crippen LogP contribution in [0.1, 0.15) is 19.4 Å². The molecule has 0 aliphatic rings. The van der Waals surface area contributed by atoms with Crippen LogP contribution in [0.15, 0.2) is 68.9 Å². The largest absolute Gasteiger partial charge is 0.419 e. The highest BCUT2D eigenvalue weighted by Gasteiger charge is 2.28. The first-order valence-electron chi connectivity index (χ1n) is 8.50. The summed E-state index contributed by atoms with van der Waals surface area (Å²) in [6, 6.07) is 15.9. The minimum Gasteiger partial charge on any atom is -0.419 e. The van der Waals surface area contributed by atoms with Crippen LogP contribution >= 0.6 is 0 Å². The maximum Gasteiger partial charge on any atom is 0.233 e. The van der Waals surface area contributed by atoms with Gasteiger partial charge in [-0.15, -0.1) is 0 Å². The standard InChI is InChI=1S/C20H22N2O3S/c1-14(2)13-21-19-20(26(23,24)17-10-5-4-6-11-17)22-18(25-19)16-9-7-8-15(3)12-16/h4-12,14,21H,13H2,1-3H3. The minimum absolute atomic E-state index is 0.0825. The highest BCUT2D eigenvalue weighted by molar-refractivity contribution is 7.91. The van der Waals surface area contributed by atoms with Gasteiger partial charge >= 0.3 is 0 Å². The van der Waals surface area contributed by atoms with Crippen molar-refractivity contribution in [2.75, 3.05) is 11.9 Å². The van der Waals surface area contributed by atoms with Crippen molar-refractivity contribution in [3.63, 3.8) is 0 Å². The van der Waals surface area contributed by atoms with E-state index in [0.717, 1.165) is 11.1 Å². The Labute approximate surface area is 154 Å². The molecule has 0 radical (unpaired) electrons. The molecule has 0 saturated heterocycles. The monoisotopic (exact) mass is 370 g/mol. The Morgan fingerprint density at radius 2 is 1.81 bits per heavy atom. The Morgan fingerprint density at radius 3 is 2.46 bits per heavy atom. The molecular weight excluding hydrogens is 348 g/mol. The molecule has 0 amide bonds. The molecule has 5 nitrogen and oxygen atoms in total. The molecule has 2 aromatic carbocycles. The fraction of sp³-hybridized carbons (Fsp3) is 0.250. The number of aromatic nitrogens is 1. The summed E-state index contributed by atoms with van der Waals surface area (Å²) in [5.41, 5.74) is 1.79. The van der Waals surface area contributed by atoms with Crippen LogP contribution in [0.25, 0.3) is 11.5 Å². The molecule has 0 atom stereocenters. The summed E-state index contributed by atoms with van der Waals surface area (Å²) >= 11 is 0. The van der Waals surface area contributed by atoms with Gasteiger partial charge in [-0.25, -0.2) is 8.42 Å². The Bertz CT molecular complexity index is 993. The molecule has 3 rings (SSSR count). The molecule has 136 valence electrons. The SMILES string of the molecule is Cc1cccc(-c2nc(S(=O)(=O)c3ccccc3)c(NCC(C)C)o2)c1. The maximum atomic E-state index is 13.0. The highest BCUT2D eigenvalue weighted by Crippen LogP contribution is 2.32. The van der Waals surface area contributed by atoms with E-state index in [0.29, 0.717) is 12.5 Å². The third-order valence-electron chi connectivity index (χ3n) is 3.84. The quantitative estimate of drug-likeness (QED) is 0.689. The van der Waals surface area contributed by atoms with Crippen molar-refractivity contribution in [1.82, 2.24) is 4.98 Å². The molecule has 26 heavy (non-hydrogen) atoms. The zero-order valence-corrected chi connectivity index (χ0v) is 15.9. The van der Waals surface area contributed by atoms with Crippen molar-refractivity contribution in [1.29, 1.82) is 0 Å². The van der Waals surface area contributed by atoms with Gasteiger partial charge in [0.1, 0.15) is 0 Å². The first kappa shape index (κ1) is 18.2. The van der Waals surface area contributed by atoms with E-state index in [1.807, 2.05) is 45.0 Å². The number of anilines is 1. The van der Waals surface area contributed by atoms with Gasteiger partial charge in [-0.2, -0.15) is 4.98 Å². The van der Waals surface area contributed by atoms with Crippen LogP contribution < -0.4 is 5.32 Å². The number of hydrogen-bond acceptors (Lipinski definition) is 5. The van der Waals surface area contributed by atoms with Crippen LogP contribution in [-0.4, -0.2) is 19.9 Å². The summed E-state index contributed by atoms with van der Waals surface area (Å²) < 4.78 is 31.9. The molecule has 1 heterocycles. The van der Waals surface area contributed by atoms with Crippen LogP contribution in [0.3, 0.4) is 0 Å². The van der Waals surface area contributed by atoms with Gasteiger partial charge in [0.15, 0.2) is 0 Å². The van der Waals surface area contributed by atoms with Gasteiger partial charge in [-0.1, -0.05) is 49.7 Å². The number of nitrogens with zero attached hydrogens (tertiary/aromatic N) is 1. The van der Waals surface area contributed by atoms with Crippen LogP contribution in [0.5, 0.6) is 0 Å². The number of rotatable bonds is 6. The van der Waals surface area contributed by atoms with E-state index in [2.05, 4.69) is 10.3 Å². The van der Waals surface area contributed by atoms with E-state index in [4.69, 9.17) is 4.42 Å². The number of benzene rings is 2. The Hall–Kier alpha value is -2.60. The van der Waals surface area contributed by atoms with E-state index in [-0.39, 0.29) is 21.7 Å². The number of hydrogen-bond donors (Lipinski definition) is 1. The number of sulfone groups is 1. The van der Waals surface area contributed by atoms with Crippen molar-refractivity contribution in [3.8, 4) is 11.5 Å². The maximum absolute atomic E-state index is 13.0. The average molecular weight is 370 g/mol. The Morgan fingerprint density at radius 1 is 1.08 bits per heavy atom. The van der Waals surface area contributed by atoms with Crippen LogP contribution in [0.4, 0.5) is 5.88 Å². The van der Waals surface area contributed by atoms with E-state index >= 15 is 0 Å². The molecule has 0 saturated carbocycles. The van der Waals surface area contributed by atoms with Crippen LogP contribution in [0.2, 0.25) is 0 Å². The van der Waals surface area contributed by atoms with E-state index in [1.165, 1.54) is 0 Å². The third-order valence-corrected chi connectivity index (χ3v) is 5.52. The first-order valence-corrected chi connectivity index (χ1v) is 9.98. The summed E-state index contributed by atoms with van der Waals surface area (Å²) in [6.45, 7) is 6.62. The summed E-state index contributed by atoms with van der Waals surface area (Å²) in [5, 5.41) is 3.00. The molecule has 6 heteroatoms. The van der Waals surface area contributed by atoms with Gasteiger partial charge in [-0.05, 0) is 37.1 Å². The fourth-order valence-corrected chi connectivity index (χ4v) is 3.81. The zero-order valence-electron chi connectivity index (χ0n) is 15.1. The normalized spacial score (nSPS) is 11.7. The van der Waals surface area contributed by atoms with Gasteiger partial charge in [0.2, 0.25) is 26.6 Å². The molecule has 3 aromatic rings. The smallest absolute Gasteiger partial charge is 0.233 e. The van der Waals surface area contributed by atoms with Gasteiger partial charge in [0, 0.05) is 12.1 Å². The van der Waals surface area contributed by atoms with Crippen molar-refractivity contribution < 1.29 is 12.8 Å². The molecule has 0 unspecified atom stereocenters. The number of aryl methyl sites for hydroxylation is 1. The predicted octanol–water partition coefficient (Wildman–Crippen LogP) is 4.55. The summed E-state index contributed by atoms with van der Waals surface area (Å²) in [7, 11) is -3.78. The second-order valence-electron chi connectivity index (χ2n) is 6.61. The lowest BCUT2D eigenvalue weighted by Crippen LogP contribution is -2.11. The number of nitrogens with one attached hydrogen (secondary N) is 1. The van der Waals surface area contributed by atoms with Gasteiger partial charge in [-0.3, -0.25) is 0 Å². The zero-order chi connectivity index (χ0) is 18.7. The van der Waals surface area contributed by atoms with Crippen molar-refractivity contribution >= 4 is 15.7 Å². The van der Waals surface area contributed by atoms with Crippen molar-refractivity contribution in [2.45, 2.75) is 30.7 Å². The molecule has 1 N–H and O–H groups in total. The molecule has 0 bridgehead atoms. The Balaban J connectivity index is 2.10. The molecule has 1 aromatic heterocycles. The summed E-state index contributed by atoms with van der Waals surface area (Å²) in [6.07, 6.45) is 0. The predicted molar refractivity (Wildman–Crippen MR) is 102 cm³/mol. The minimum atomic E-state index is -3.78. The molecule has 0 aliphatic heterocycles. The molecule has 0 fully saturated rings. The lowest BCUT2D eigenvalue weighted by atomic mass is 10.1. The van der Waals surface area contributed by atoms with Gasteiger partial charge < -0.3 is 9.73 Å². The summed E-state index contributed by atoms with van der Waals surface area (Å²) in [4.78, 5) is 4.52. The third kappa shape index (κ3) is 3.80.